The van der Waals surface area contributed by atoms with E-state index in [0.717, 1.165) is 27.5 Å². The molecule has 0 aliphatic carbocycles. The van der Waals surface area contributed by atoms with E-state index in [9.17, 15) is 9.59 Å². The molecule has 10 nitrogen and oxygen atoms in total. The molecule has 0 saturated carbocycles. The number of aromatic nitrogens is 3. The van der Waals surface area contributed by atoms with Crippen LogP contribution in [-0.2, 0) is 9.53 Å². The number of fused-ring (bicyclic) bond motifs is 2. The number of anilines is 1. The average molecular weight is 530 g/mol. The summed E-state index contributed by atoms with van der Waals surface area (Å²) in [5, 5.41) is 7.76. The zero-order valence-corrected chi connectivity index (χ0v) is 20.8. The molecule has 6 N–H and O–H groups in total. The van der Waals surface area contributed by atoms with Crippen LogP contribution in [0.5, 0.6) is 0 Å². The first-order chi connectivity index (χ1) is 16.6. The maximum atomic E-state index is 12.9. The van der Waals surface area contributed by atoms with Crippen LogP contribution < -0.4 is 10.6 Å². The number of carbonyl (C=O) groups is 2. The largest absolute Gasteiger partial charge is 0.461 e. The summed E-state index contributed by atoms with van der Waals surface area (Å²) in [6.07, 6.45) is 1.74. The van der Waals surface area contributed by atoms with Crippen molar-refractivity contribution in [2.24, 2.45) is 0 Å². The molecule has 0 amide bonds. The number of nitrogens with zero attached hydrogens (tertiary/aromatic N) is 1. The molecule has 6 rings (SSSR count). The molecule has 0 radical (unpaired) electrons. The Morgan fingerprint density at radius 3 is 2.86 bits per heavy atom. The van der Waals surface area contributed by atoms with Crippen molar-refractivity contribution in [2.75, 3.05) is 25.0 Å². The number of benzene rings is 1. The van der Waals surface area contributed by atoms with Gasteiger partial charge in [0, 0.05) is 29.6 Å². The van der Waals surface area contributed by atoms with Gasteiger partial charge in [-0.05, 0) is 43.0 Å². The number of ketones is 1. The van der Waals surface area contributed by atoms with Crippen LogP contribution in [0.1, 0.15) is 34.7 Å². The second-order valence-corrected chi connectivity index (χ2v) is 9.00. The molecular formula is C24H24ClN5O5S. The summed E-state index contributed by atoms with van der Waals surface area (Å²) >= 11 is 1.38. The van der Waals surface area contributed by atoms with Crippen LogP contribution in [0.2, 0.25) is 0 Å². The van der Waals surface area contributed by atoms with Crippen LogP contribution in [0.15, 0.2) is 68.5 Å². The Morgan fingerprint density at radius 1 is 1.22 bits per heavy atom. The molecule has 188 valence electrons. The number of hydrogen-bond acceptors (Lipinski definition) is 8. The third-order valence-electron chi connectivity index (χ3n) is 5.93. The molecule has 1 unspecified atom stereocenters. The monoisotopic (exact) mass is 529 g/mol. The second kappa shape index (κ2) is 10.2. The third kappa shape index (κ3) is 4.30. The lowest BCUT2D eigenvalue weighted by Gasteiger charge is -2.31. The lowest BCUT2D eigenvalue weighted by molar-refractivity contribution is -0.115. The highest BCUT2D eigenvalue weighted by atomic mass is 35.5. The van der Waals surface area contributed by atoms with Crippen molar-refractivity contribution in [3.63, 3.8) is 0 Å². The van der Waals surface area contributed by atoms with E-state index in [1.165, 1.54) is 11.8 Å². The van der Waals surface area contributed by atoms with Gasteiger partial charge in [-0.1, -0.05) is 12.1 Å². The van der Waals surface area contributed by atoms with Crippen molar-refractivity contribution in [3.05, 3.63) is 70.9 Å². The van der Waals surface area contributed by atoms with Crippen molar-refractivity contribution >= 4 is 52.6 Å². The topological polar surface area (TPSA) is 157 Å². The third-order valence-corrected chi connectivity index (χ3v) is 6.74. The highest BCUT2D eigenvalue weighted by Crippen LogP contribution is 2.45. The van der Waals surface area contributed by atoms with Crippen LogP contribution in [0.3, 0.4) is 0 Å². The summed E-state index contributed by atoms with van der Waals surface area (Å²) in [5.41, 5.74) is 4.93. The Hall–Kier alpha value is -3.51. The fraction of sp³-hybridized carbons (Fsp3) is 0.208. The quantitative estimate of drug-likeness (QED) is 0.286. The number of para-hydroxylation sites is 2. The van der Waals surface area contributed by atoms with E-state index < -0.39 is 11.9 Å². The standard InChI is InChI=1S/C24H21N5O4S.ClH.H2O/c1-2-32-23(31)22-21-12(9-26-22)19(20-15(27-21)10-25-11-16(20)30)17-7-8-18(33-17)34-24-28-13-5-3-4-6-14(13)29-24;;/h3-9,19,25-27H,2,10-11H2,1H3,(H,28,29);1H;1H2. The van der Waals surface area contributed by atoms with Gasteiger partial charge in [0.25, 0.3) is 0 Å². The van der Waals surface area contributed by atoms with Gasteiger partial charge in [-0.3, -0.25) is 4.79 Å². The minimum atomic E-state index is -0.449. The number of H-pyrrole nitrogens is 2. The molecule has 12 heteroatoms. The smallest absolute Gasteiger partial charge is 0.356 e. The summed E-state index contributed by atoms with van der Waals surface area (Å²) in [6.45, 7) is 2.77. The molecule has 2 aliphatic heterocycles. The van der Waals surface area contributed by atoms with Gasteiger partial charge >= 0.3 is 5.97 Å². The molecule has 0 bridgehead atoms. The normalized spacial score (nSPS) is 16.5. The van der Waals surface area contributed by atoms with Crippen molar-refractivity contribution in [1.82, 2.24) is 20.3 Å². The predicted molar refractivity (Wildman–Crippen MR) is 137 cm³/mol. The summed E-state index contributed by atoms with van der Waals surface area (Å²) in [6, 6.07) is 11.6. The minimum absolute atomic E-state index is 0. The Kier molecular flexibility index (Phi) is 7.27. The molecule has 0 saturated heterocycles. The van der Waals surface area contributed by atoms with E-state index in [1.54, 1.807) is 13.1 Å². The van der Waals surface area contributed by atoms with Crippen molar-refractivity contribution in [3.8, 4) is 0 Å². The number of rotatable bonds is 5. The number of carbonyl (C=O) groups excluding carboxylic acids is 2. The van der Waals surface area contributed by atoms with Crippen LogP contribution in [0, 0.1) is 0 Å². The first kappa shape index (κ1) is 25.6. The zero-order chi connectivity index (χ0) is 23.2. The average Bonchev–Trinajstić information content (AvgIpc) is 3.56. The molecular weight excluding hydrogens is 506 g/mol. The van der Waals surface area contributed by atoms with Crippen molar-refractivity contribution in [2.45, 2.75) is 23.1 Å². The Balaban J connectivity index is 0.00000152. The number of hydrogen-bond donors (Lipinski definition) is 4. The van der Waals surface area contributed by atoms with E-state index in [-0.39, 0.29) is 36.8 Å². The van der Waals surface area contributed by atoms with Gasteiger partial charge in [-0.2, -0.15) is 0 Å². The Labute approximate surface area is 216 Å². The molecule has 0 fully saturated rings. The van der Waals surface area contributed by atoms with Gasteiger partial charge in [0.1, 0.15) is 11.5 Å². The SMILES string of the molecule is CCOC(=O)c1[nH]cc2c1NC1=C(C(=O)CNC1)C2c1ccc(Sc2nc3ccccc3[nH]2)o1.Cl.O. The molecule has 2 aliphatic rings. The fourth-order valence-electron chi connectivity index (χ4n) is 4.49. The fourth-order valence-corrected chi connectivity index (χ4v) is 5.26. The summed E-state index contributed by atoms with van der Waals surface area (Å²) in [5.74, 6) is -0.273. The predicted octanol–water partition coefficient (Wildman–Crippen LogP) is 3.39. The first-order valence-electron chi connectivity index (χ1n) is 11.0. The van der Waals surface area contributed by atoms with Gasteiger partial charge in [0.05, 0.1) is 35.8 Å². The molecule has 36 heavy (non-hydrogen) atoms. The second-order valence-electron chi connectivity index (χ2n) is 8.01. The van der Waals surface area contributed by atoms with Crippen molar-refractivity contribution in [1.29, 1.82) is 0 Å². The molecule has 0 spiro atoms. The maximum Gasteiger partial charge on any atom is 0.356 e. The van der Waals surface area contributed by atoms with Gasteiger partial charge in [0.2, 0.25) is 0 Å². The molecule has 4 aromatic rings. The molecule has 5 heterocycles. The number of ether oxygens (including phenoxy) is 1. The van der Waals surface area contributed by atoms with Crippen LogP contribution >= 0.6 is 24.2 Å². The number of esters is 1. The number of nitrogens with one attached hydrogen (secondary N) is 4. The highest BCUT2D eigenvalue weighted by molar-refractivity contribution is 7.99. The summed E-state index contributed by atoms with van der Waals surface area (Å²) < 4.78 is 11.4. The number of furan rings is 1. The zero-order valence-electron chi connectivity index (χ0n) is 19.1. The van der Waals surface area contributed by atoms with Gasteiger partial charge in [0.15, 0.2) is 16.0 Å². The van der Waals surface area contributed by atoms with Crippen LogP contribution in [-0.4, -0.2) is 51.9 Å². The summed E-state index contributed by atoms with van der Waals surface area (Å²) in [4.78, 5) is 36.3. The van der Waals surface area contributed by atoms with E-state index in [4.69, 9.17) is 9.15 Å². The van der Waals surface area contributed by atoms with Gasteiger partial charge in [-0.15, -0.1) is 12.4 Å². The maximum absolute atomic E-state index is 12.9. The number of imidazole rings is 1. The highest BCUT2D eigenvalue weighted by Gasteiger charge is 2.39. The van der Waals surface area contributed by atoms with E-state index in [0.29, 0.717) is 34.4 Å². The molecule has 3 aromatic heterocycles. The number of halogens is 1. The number of aromatic amines is 2. The lowest BCUT2D eigenvalue weighted by atomic mass is 9.82. The Morgan fingerprint density at radius 2 is 2.06 bits per heavy atom. The van der Waals surface area contributed by atoms with Crippen LogP contribution in [0.4, 0.5) is 5.69 Å². The van der Waals surface area contributed by atoms with E-state index in [1.807, 2.05) is 36.4 Å². The van der Waals surface area contributed by atoms with Gasteiger partial charge in [-0.25, -0.2) is 9.78 Å². The van der Waals surface area contributed by atoms with Gasteiger partial charge < -0.3 is 35.2 Å². The lowest BCUT2D eigenvalue weighted by Crippen LogP contribution is -2.39. The molecule has 1 atom stereocenters. The van der Waals surface area contributed by atoms with Crippen molar-refractivity contribution < 1.29 is 24.2 Å². The minimum Gasteiger partial charge on any atom is -0.461 e. The molecule has 1 aromatic carbocycles. The summed E-state index contributed by atoms with van der Waals surface area (Å²) in [7, 11) is 0. The Bertz CT molecular complexity index is 1440. The van der Waals surface area contributed by atoms with E-state index >= 15 is 0 Å². The van der Waals surface area contributed by atoms with Crippen LogP contribution in [0.25, 0.3) is 11.0 Å². The first-order valence-corrected chi connectivity index (χ1v) is 11.8. The number of Topliss-reactive ketones (excluding diaryl/α,β-unsaturated/α-hetero) is 1. The van der Waals surface area contributed by atoms with E-state index in [2.05, 4.69) is 25.6 Å².